The molecule has 0 atom stereocenters. The number of benzene rings is 3. The predicted octanol–water partition coefficient (Wildman–Crippen LogP) is 16.4. The van der Waals surface area contributed by atoms with E-state index in [1.54, 1.807) is 4.50 Å². The summed E-state index contributed by atoms with van der Waals surface area (Å²) in [5, 5.41) is 5.42. The monoisotopic (exact) mass is 900 g/mol. The Hall–Kier alpha value is -3.13. The first-order chi connectivity index (χ1) is 28.9. The Balaban J connectivity index is 1.11. The molecule has 0 amide bonds. The molecule has 0 radical (unpaired) electrons. The van der Waals surface area contributed by atoms with Crippen molar-refractivity contribution in [2.75, 3.05) is 0 Å². The van der Waals surface area contributed by atoms with Gasteiger partial charge in [-0.1, -0.05) is 129 Å². The predicted molar refractivity (Wildman–Crippen MR) is 276 cm³/mol. The smallest absolute Gasteiger partial charge is 0.172 e. The Morgan fingerprint density at radius 3 is 1.37 bits per heavy atom. The van der Waals surface area contributed by atoms with E-state index in [2.05, 4.69) is 124 Å². The highest BCUT2D eigenvalue weighted by molar-refractivity contribution is 7.33. The first kappa shape index (κ1) is 42.6. The molecule has 5 heterocycles. The molecule has 0 saturated carbocycles. The number of hydrogen-bond donors (Lipinski definition) is 0. The fourth-order valence-electron chi connectivity index (χ4n) is 9.13. The van der Waals surface area contributed by atoms with Crippen LogP contribution in [0.3, 0.4) is 0 Å². The summed E-state index contributed by atoms with van der Waals surface area (Å²) in [6.07, 6.45) is 18.5. The van der Waals surface area contributed by atoms with E-state index < -0.39 is 16.1 Å². The fraction of sp³-hybridized carbons (Fsp3) is 0.400. The Morgan fingerprint density at radius 2 is 0.915 bits per heavy atom. The van der Waals surface area contributed by atoms with Crippen LogP contribution in [-0.4, -0.2) is 24.9 Å². The van der Waals surface area contributed by atoms with Crippen LogP contribution in [0.15, 0.2) is 60.7 Å². The summed E-state index contributed by atoms with van der Waals surface area (Å²) in [5.41, 5.74) is 8.10. The average Bonchev–Trinajstić information content (AvgIpc) is 4.11. The van der Waals surface area contributed by atoms with Crippen molar-refractivity contribution < 1.29 is 0 Å². The maximum absolute atomic E-state index is 5.70. The molecule has 0 unspecified atom stereocenters. The van der Waals surface area contributed by atoms with Gasteiger partial charge in [0.2, 0.25) is 0 Å². The van der Waals surface area contributed by atoms with Gasteiger partial charge in [0.15, 0.2) is 8.07 Å². The molecule has 9 heteroatoms. The SMILES string of the molecule is C#CC#C[Si](CCCC)(CCCC)c1cc2cc3sc(-c4ccc(-c5cc6cc7sc([Si](CCCC)(CCCC)CCCC)cc7cc6s5)c5nsnc45)cc3cc2s1. The topological polar surface area (TPSA) is 25.8 Å². The minimum atomic E-state index is -2.03. The minimum Gasteiger partial charge on any atom is -0.172 e. The van der Waals surface area contributed by atoms with Crippen molar-refractivity contribution in [3.63, 3.8) is 0 Å². The van der Waals surface area contributed by atoms with E-state index in [0.717, 1.165) is 11.0 Å². The summed E-state index contributed by atoms with van der Waals surface area (Å²) < 4.78 is 18.6. The first-order valence-electron chi connectivity index (χ1n) is 22.1. The van der Waals surface area contributed by atoms with Crippen LogP contribution >= 0.6 is 57.1 Å². The Kier molecular flexibility index (Phi) is 13.6. The van der Waals surface area contributed by atoms with Crippen molar-refractivity contribution in [3.05, 3.63) is 60.7 Å². The number of fused-ring (bicyclic) bond motifs is 5. The highest BCUT2D eigenvalue weighted by Crippen LogP contribution is 2.44. The number of rotatable bonds is 19. The van der Waals surface area contributed by atoms with Crippen molar-refractivity contribution in [2.45, 2.75) is 129 Å². The van der Waals surface area contributed by atoms with Crippen molar-refractivity contribution in [1.29, 1.82) is 0 Å². The zero-order valence-electron chi connectivity index (χ0n) is 35.4. The lowest BCUT2D eigenvalue weighted by atomic mass is 10.0. The molecule has 0 aliphatic carbocycles. The standard InChI is InChI=1S/C50H56N2S5Si2/c1-7-13-21-58(22-14-8-2,23-15-9-3)47-33-37-29-41-35(27-43(37)55-47)31-45(53-41)39-19-20-40(50-49(39)51-57-52-50)46-32-36-28-44-38(30-42(36)54-46)34-48(56-44)59(24-16-10-4,25-17-11-5)26-18-12-6/h1,19-20,27-34H,8-12,14-18,22-26H2,2-6H3. The highest BCUT2D eigenvalue weighted by Gasteiger charge is 2.36. The molecule has 0 aliphatic rings. The zero-order valence-corrected chi connectivity index (χ0v) is 41.5. The van der Waals surface area contributed by atoms with Gasteiger partial charge in [-0.3, -0.25) is 0 Å². The van der Waals surface area contributed by atoms with Gasteiger partial charge in [0, 0.05) is 44.2 Å². The number of thiophene rings is 4. The maximum atomic E-state index is 5.70. The molecule has 304 valence electrons. The molecular formula is C50H56N2S5Si2. The quantitative estimate of drug-likeness (QED) is 0.0597. The van der Waals surface area contributed by atoms with Gasteiger partial charge in [0.05, 0.1) is 19.8 Å². The van der Waals surface area contributed by atoms with Gasteiger partial charge >= 0.3 is 0 Å². The highest BCUT2D eigenvalue weighted by atomic mass is 32.1. The van der Waals surface area contributed by atoms with Gasteiger partial charge in [0.1, 0.15) is 11.0 Å². The second-order valence-electron chi connectivity index (χ2n) is 16.7. The number of nitrogens with zero attached hydrogens (tertiary/aromatic N) is 2. The molecule has 0 fully saturated rings. The summed E-state index contributed by atoms with van der Waals surface area (Å²) in [5.74, 6) is 5.75. The minimum absolute atomic E-state index is 1.01. The Morgan fingerprint density at radius 1 is 0.508 bits per heavy atom. The molecule has 8 rings (SSSR count). The summed E-state index contributed by atoms with van der Waals surface area (Å²) >= 11 is 9.20. The lowest BCUT2D eigenvalue weighted by molar-refractivity contribution is 0.801. The van der Waals surface area contributed by atoms with E-state index in [1.807, 2.05) is 34.0 Å². The van der Waals surface area contributed by atoms with Crippen LogP contribution < -0.4 is 9.00 Å². The van der Waals surface area contributed by atoms with Crippen molar-refractivity contribution in [1.82, 2.24) is 8.75 Å². The van der Waals surface area contributed by atoms with Crippen LogP contribution in [0.1, 0.15) is 98.8 Å². The van der Waals surface area contributed by atoms with Gasteiger partial charge in [0.25, 0.3) is 0 Å². The van der Waals surface area contributed by atoms with Gasteiger partial charge in [-0.25, -0.2) is 0 Å². The number of terminal acetylenes is 1. The van der Waals surface area contributed by atoms with E-state index >= 15 is 0 Å². The van der Waals surface area contributed by atoms with E-state index in [4.69, 9.17) is 15.2 Å². The zero-order chi connectivity index (χ0) is 41.0. The Bertz CT molecular complexity index is 2700. The van der Waals surface area contributed by atoms with E-state index in [1.165, 1.54) is 172 Å². The van der Waals surface area contributed by atoms with Crippen LogP contribution in [0.25, 0.3) is 72.3 Å². The lowest BCUT2D eigenvalue weighted by Crippen LogP contribution is -2.45. The second kappa shape index (κ2) is 18.9. The van der Waals surface area contributed by atoms with Crippen LogP contribution in [0, 0.1) is 23.8 Å². The van der Waals surface area contributed by atoms with E-state index in [0.29, 0.717) is 0 Å². The van der Waals surface area contributed by atoms with Gasteiger partial charge in [-0.15, -0.1) is 57.3 Å². The van der Waals surface area contributed by atoms with Gasteiger partial charge in [-0.2, -0.15) is 8.75 Å². The van der Waals surface area contributed by atoms with Gasteiger partial charge in [-0.05, 0) is 98.5 Å². The number of hydrogen-bond acceptors (Lipinski definition) is 7. The molecule has 3 aromatic carbocycles. The van der Waals surface area contributed by atoms with Crippen LogP contribution in [0.4, 0.5) is 0 Å². The molecule has 59 heavy (non-hydrogen) atoms. The third kappa shape index (κ3) is 8.56. The molecule has 8 aromatic rings. The first-order valence-corrected chi connectivity index (χ1v) is 31.1. The molecule has 5 aromatic heterocycles. The molecule has 2 nitrogen and oxygen atoms in total. The number of aromatic nitrogens is 2. The number of unbranched alkanes of at least 4 members (excludes halogenated alkanes) is 5. The maximum Gasteiger partial charge on any atom is 0.181 e. The normalized spacial score (nSPS) is 12.3. The molecule has 0 N–H and O–H groups in total. The molecular weight excluding hydrogens is 845 g/mol. The van der Waals surface area contributed by atoms with Crippen LogP contribution in [0.2, 0.25) is 30.2 Å². The van der Waals surface area contributed by atoms with E-state index in [-0.39, 0.29) is 0 Å². The summed E-state index contributed by atoms with van der Waals surface area (Å²) in [4.78, 5) is 2.52. The average molecular weight is 902 g/mol. The van der Waals surface area contributed by atoms with Gasteiger partial charge < -0.3 is 0 Å². The van der Waals surface area contributed by atoms with Crippen LogP contribution in [-0.2, 0) is 0 Å². The van der Waals surface area contributed by atoms with Crippen LogP contribution in [0.5, 0.6) is 0 Å². The summed E-state index contributed by atoms with van der Waals surface area (Å²) in [6, 6.07) is 31.0. The third-order valence-corrected chi connectivity index (χ3v) is 29.5. The largest absolute Gasteiger partial charge is 0.181 e. The molecule has 0 saturated heterocycles. The molecule has 0 spiro atoms. The molecule has 0 aliphatic heterocycles. The lowest BCUT2D eigenvalue weighted by Gasteiger charge is -2.31. The van der Waals surface area contributed by atoms with Crippen molar-refractivity contribution >= 4 is 134 Å². The molecule has 0 bridgehead atoms. The summed E-state index contributed by atoms with van der Waals surface area (Å²) in [7, 11) is -3.56. The Labute approximate surface area is 373 Å². The van der Waals surface area contributed by atoms with Crippen molar-refractivity contribution in [2.24, 2.45) is 0 Å². The van der Waals surface area contributed by atoms with E-state index in [9.17, 15) is 0 Å². The second-order valence-corrected chi connectivity index (χ2v) is 30.8. The summed E-state index contributed by atoms with van der Waals surface area (Å²) in [6.45, 7) is 11.7. The third-order valence-electron chi connectivity index (χ3n) is 12.6. The van der Waals surface area contributed by atoms with Crippen molar-refractivity contribution in [3.8, 4) is 44.7 Å². The fourth-order valence-corrected chi connectivity index (χ4v) is 26.4.